The quantitative estimate of drug-likeness (QED) is 0.381. The van der Waals surface area contributed by atoms with Crippen LogP contribution in [0.15, 0.2) is 40.9 Å². The van der Waals surface area contributed by atoms with Crippen molar-refractivity contribution in [2.75, 3.05) is 0 Å². The molecule has 3 heterocycles. The average Bonchev–Trinajstić information content (AvgIpc) is 3.08. The highest BCUT2D eigenvalue weighted by Crippen LogP contribution is 2.38. The van der Waals surface area contributed by atoms with Gasteiger partial charge in [0.2, 0.25) is 5.71 Å². The summed E-state index contributed by atoms with van der Waals surface area (Å²) in [6.45, 7) is 6.35. The van der Waals surface area contributed by atoms with Crippen LogP contribution in [-0.2, 0) is 0 Å². The van der Waals surface area contributed by atoms with Crippen LogP contribution < -0.4 is 0 Å². The van der Waals surface area contributed by atoms with Gasteiger partial charge in [-0.15, -0.1) is 0 Å². The number of furan rings is 1. The molecule has 0 atom stereocenters. The second-order valence-electron chi connectivity index (χ2n) is 8.31. The molecule has 1 saturated carbocycles. The lowest BCUT2D eigenvalue weighted by Gasteiger charge is -2.20. The van der Waals surface area contributed by atoms with Crippen molar-refractivity contribution in [2.45, 2.75) is 58.8 Å². The van der Waals surface area contributed by atoms with Crippen LogP contribution >= 0.6 is 0 Å². The van der Waals surface area contributed by atoms with Gasteiger partial charge in [0.15, 0.2) is 0 Å². The summed E-state index contributed by atoms with van der Waals surface area (Å²) in [4.78, 5) is 9.65. The Labute approximate surface area is 165 Å². The Bertz CT molecular complexity index is 1180. The van der Waals surface area contributed by atoms with Crippen LogP contribution in [0.1, 0.15) is 60.4 Å². The summed E-state index contributed by atoms with van der Waals surface area (Å²) in [6, 6.07) is 10.9. The molecule has 1 aliphatic rings. The maximum atomic E-state index is 6.37. The van der Waals surface area contributed by atoms with Gasteiger partial charge < -0.3 is 4.42 Å². The molecule has 3 nitrogen and oxygen atoms in total. The molecule has 28 heavy (non-hydrogen) atoms. The van der Waals surface area contributed by atoms with Crippen molar-refractivity contribution in [1.82, 2.24) is 9.97 Å². The Morgan fingerprint density at radius 1 is 0.857 bits per heavy atom. The van der Waals surface area contributed by atoms with Crippen LogP contribution in [0.4, 0.5) is 0 Å². The molecule has 0 unspecified atom stereocenters. The van der Waals surface area contributed by atoms with Crippen molar-refractivity contribution in [1.29, 1.82) is 0 Å². The lowest BCUT2D eigenvalue weighted by atomic mass is 9.86. The van der Waals surface area contributed by atoms with E-state index in [1.165, 1.54) is 54.5 Å². The molecule has 0 radical (unpaired) electrons. The Balaban J connectivity index is 1.70. The number of rotatable bonds is 2. The number of hydrogen-bond acceptors (Lipinski definition) is 3. The van der Waals surface area contributed by atoms with Crippen LogP contribution in [-0.4, -0.2) is 9.97 Å². The number of fused-ring (bicyclic) bond motifs is 3. The fraction of sp³-hybridized carbons (Fsp3) is 0.360. The molecule has 0 bridgehead atoms. The van der Waals surface area contributed by atoms with Gasteiger partial charge in [-0.2, -0.15) is 0 Å². The molecular weight excluding hydrogens is 344 g/mol. The highest BCUT2D eigenvalue weighted by atomic mass is 16.3. The maximum absolute atomic E-state index is 6.37. The molecule has 1 aromatic carbocycles. The first-order valence-corrected chi connectivity index (χ1v) is 10.4. The Morgan fingerprint density at radius 2 is 1.64 bits per heavy atom. The molecule has 0 aliphatic heterocycles. The third-order valence-electron chi connectivity index (χ3n) is 6.39. The molecule has 1 fully saturated rings. The topological polar surface area (TPSA) is 38.9 Å². The predicted octanol–water partition coefficient (Wildman–Crippen LogP) is 7.02. The average molecular weight is 370 g/mol. The van der Waals surface area contributed by atoms with Crippen LogP contribution in [0.5, 0.6) is 0 Å². The van der Waals surface area contributed by atoms with Crippen molar-refractivity contribution in [2.24, 2.45) is 0 Å². The van der Waals surface area contributed by atoms with Crippen LogP contribution in [0.3, 0.4) is 0 Å². The Kier molecular flexibility index (Phi) is 4.19. The number of nitrogens with zero attached hydrogens (tertiary/aromatic N) is 2. The van der Waals surface area contributed by atoms with Gasteiger partial charge in [-0.1, -0.05) is 31.4 Å². The van der Waals surface area contributed by atoms with Gasteiger partial charge in [0.1, 0.15) is 5.58 Å². The number of aryl methyl sites for hydroxylation is 3. The van der Waals surface area contributed by atoms with E-state index < -0.39 is 0 Å². The number of pyridine rings is 2. The van der Waals surface area contributed by atoms with Crippen molar-refractivity contribution in [3.8, 4) is 11.3 Å². The fourth-order valence-electron chi connectivity index (χ4n) is 4.54. The van der Waals surface area contributed by atoms with E-state index in [4.69, 9.17) is 14.4 Å². The molecule has 3 aromatic heterocycles. The van der Waals surface area contributed by atoms with E-state index in [2.05, 4.69) is 51.1 Å². The minimum absolute atomic E-state index is 0.578. The lowest BCUT2D eigenvalue weighted by Crippen LogP contribution is -2.06. The van der Waals surface area contributed by atoms with E-state index >= 15 is 0 Å². The van der Waals surface area contributed by atoms with E-state index in [1.807, 2.05) is 6.20 Å². The Hall–Kier alpha value is -2.68. The zero-order chi connectivity index (χ0) is 19.3. The summed E-state index contributed by atoms with van der Waals surface area (Å²) in [5, 5.41) is 2.22. The summed E-state index contributed by atoms with van der Waals surface area (Å²) in [6.07, 6.45) is 8.42. The highest BCUT2D eigenvalue weighted by Gasteiger charge is 2.20. The van der Waals surface area contributed by atoms with Crippen LogP contribution in [0, 0.1) is 20.8 Å². The SMILES string of the molecule is Cc1cnc(-c2c(C)ccc3c2oc2nc(C4CCCCC4)ccc23)cc1C. The molecule has 0 amide bonds. The van der Waals surface area contributed by atoms with Crippen molar-refractivity contribution < 1.29 is 4.42 Å². The van der Waals surface area contributed by atoms with E-state index in [0.29, 0.717) is 5.92 Å². The molecule has 0 saturated heterocycles. The van der Waals surface area contributed by atoms with Crippen LogP contribution in [0.25, 0.3) is 33.3 Å². The molecule has 1 aliphatic carbocycles. The summed E-state index contributed by atoms with van der Waals surface area (Å²) in [5.74, 6) is 0.578. The molecule has 5 rings (SSSR count). The summed E-state index contributed by atoms with van der Waals surface area (Å²) in [5.41, 5.74) is 8.53. The molecule has 0 N–H and O–H groups in total. The normalized spacial score (nSPS) is 15.5. The number of aromatic nitrogens is 2. The Morgan fingerprint density at radius 3 is 2.43 bits per heavy atom. The van der Waals surface area contributed by atoms with Gasteiger partial charge in [0.25, 0.3) is 0 Å². The van der Waals surface area contributed by atoms with E-state index in [0.717, 1.165) is 33.3 Å². The third-order valence-corrected chi connectivity index (χ3v) is 6.39. The second kappa shape index (κ2) is 6.73. The van der Waals surface area contributed by atoms with Gasteiger partial charge >= 0.3 is 0 Å². The van der Waals surface area contributed by atoms with Gasteiger partial charge in [-0.05, 0) is 68.5 Å². The van der Waals surface area contributed by atoms with Crippen molar-refractivity contribution >= 4 is 22.1 Å². The largest absolute Gasteiger partial charge is 0.437 e. The van der Waals surface area contributed by atoms with Gasteiger partial charge in [-0.25, -0.2) is 4.98 Å². The lowest BCUT2D eigenvalue weighted by molar-refractivity contribution is 0.436. The monoisotopic (exact) mass is 370 g/mol. The number of hydrogen-bond donors (Lipinski definition) is 0. The summed E-state index contributed by atoms with van der Waals surface area (Å²) in [7, 11) is 0. The first kappa shape index (κ1) is 17.4. The highest BCUT2D eigenvalue weighted by molar-refractivity contribution is 6.09. The maximum Gasteiger partial charge on any atom is 0.227 e. The minimum atomic E-state index is 0.578. The molecular formula is C25H26N2O. The second-order valence-corrected chi connectivity index (χ2v) is 8.31. The molecule has 0 spiro atoms. The first-order valence-electron chi connectivity index (χ1n) is 10.4. The predicted molar refractivity (Wildman–Crippen MR) is 115 cm³/mol. The third kappa shape index (κ3) is 2.81. The number of benzene rings is 1. The zero-order valence-electron chi connectivity index (χ0n) is 16.9. The van der Waals surface area contributed by atoms with Crippen molar-refractivity contribution in [3.05, 3.63) is 58.9 Å². The van der Waals surface area contributed by atoms with Gasteiger partial charge in [-0.3, -0.25) is 4.98 Å². The molecule has 142 valence electrons. The van der Waals surface area contributed by atoms with E-state index in [1.54, 1.807) is 0 Å². The molecule has 3 heteroatoms. The van der Waals surface area contributed by atoms with E-state index in [-0.39, 0.29) is 0 Å². The molecule has 4 aromatic rings. The summed E-state index contributed by atoms with van der Waals surface area (Å²) < 4.78 is 6.37. The van der Waals surface area contributed by atoms with Gasteiger partial charge in [0.05, 0.1) is 5.69 Å². The van der Waals surface area contributed by atoms with Gasteiger partial charge in [0, 0.05) is 34.1 Å². The van der Waals surface area contributed by atoms with Crippen LogP contribution in [0.2, 0.25) is 0 Å². The smallest absolute Gasteiger partial charge is 0.227 e. The zero-order valence-corrected chi connectivity index (χ0v) is 16.9. The summed E-state index contributed by atoms with van der Waals surface area (Å²) >= 11 is 0. The van der Waals surface area contributed by atoms with Crippen molar-refractivity contribution in [3.63, 3.8) is 0 Å². The standard InChI is InChI=1S/C25H26N2O/c1-15-9-10-19-20-11-12-21(18-7-5-4-6-8-18)27-25(20)28-24(19)23(15)22-13-16(2)17(3)14-26-22/h9-14,18H,4-8H2,1-3H3. The minimum Gasteiger partial charge on any atom is -0.437 e. The fourth-order valence-corrected chi connectivity index (χ4v) is 4.54. The first-order chi connectivity index (χ1) is 13.6. The van der Waals surface area contributed by atoms with E-state index in [9.17, 15) is 0 Å².